The highest BCUT2D eigenvalue weighted by molar-refractivity contribution is 7.99. The fourth-order valence-corrected chi connectivity index (χ4v) is 3.53. The molecule has 1 atom stereocenters. The molecule has 1 saturated carbocycles. The molecule has 22 heavy (non-hydrogen) atoms. The molecule has 1 aliphatic rings. The van der Waals surface area contributed by atoms with Crippen LogP contribution in [-0.4, -0.2) is 38.8 Å². The average Bonchev–Trinajstić information content (AvgIpc) is 3.28. The van der Waals surface area contributed by atoms with Crippen molar-refractivity contribution < 1.29 is 5.11 Å². The summed E-state index contributed by atoms with van der Waals surface area (Å²) in [5, 5.41) is 23.1. The molecule has 0 saturated heterocycles. The molecule has 0 unspecified atom stereocenters. The van der Waals surface area contributed by atoms with E-state index in [4.69, 9.17) is 11.6 Å². The van der Waals surface area contributed by atoms with Gasteiger partial charge >= 0.3 is 0 Å². The Labute approximate surface area is 139 Å². The topological polar surface area (TPSA) is 63.0 Å². The molecule has 1 heterocycles. The Hall–Kier alpha value is -1.08. The highest BCUT2D eigenvalue weighted by atomic mass is 35.5. The van der Waals surface area contributed by atoms with Crippen molar-refractivity contribution in [2.45, 2.75) is 30.6 Å². The summed E-state index contributed by atoms with van der Waals surface area (Å²) in [4.78, 5) is 0. The van der Waals surface area contributed by atoms with Crippen LogP contribution in [0.5, 0.6) is 0 Å². The Morgan fingerprint density at radius 2 is 2.27 bits per heavy atom. The molecule has 1 aromatic carbocycles. The van der Waals surface area contributed by atoms with Crippen LogP contribution in [0.25, 0.3) is 5.69 Å². The molecule has 3 rings (SSSR count). The molecule has 0 aliphatic heterocycles. The van der Waals surface area contributed by atoms with E-state index in [0.29, 0.717) is 23.2 Å². The van der Waals surface area contributed by atoms with Crippen molar-refractivity contribution in [2.75, 3.05) is 12.8 Å². The van der Waals surface area contributed by atoms with E-state index in [1.54, 1.807) is 0 Å². The third kappa shape index (κ3) is 3.63. The lowest BCUT2D eigenvalue weighted by molar-refractivity contribution is 0.176. The summed E-state index contributed by atoms with van der Waals surface area (Å²) in [7, 11) is 1.88. The second-order valence-corrected chi connectivity index (χ2v) is 6.88. The van der Waals surface area contributed by atoms with Crippen LogP contribution in [0.3, 0.4) is 0 Å². The fraction of sp³-hybridized carbons (Fsp3) is 0.467. The van der Waals surface area contributed by atoms with Crippen molar-refractivity contribution in [1.29, 1.82) is 0 Å². The average molecular weight is 339 g/mol. The first-order valence-corrected chi connectivity index (χ1v) is 8.71. The molecule has 0 spiro atoms. The standard InChI is InChI=1S/C15H19ClN4OS/c1-17-8-14-18-19-15(22-9-13(21)10-5-6-10)20(14)12-4-2-3-11(16)7-12/h2-4,7,10,13,17,21H,5-6,8-9H2,1H3/t13-/m0/s1. The van der Waals surface area contributed by atoms with Crippen LogP contribution in [0.2, 0.25) is 5.02 Å². The van der Waals surface area contributed by atoms with Crippen molar-refractivity contribution in [3.05, 3.63) is 35.1 Å². The molecule has 0 radical (unpaired) electrons. The molecule has 2 N–H and O–H groups in total. The predicted octanol–water partition coefficient (Wildman–Crippen LogP) is 2.50. The maximum absolute atomic E-state index is 10.1. The van der Waals surface area contributed by atoms with E-state index in [1.807, 2.05) is 35.9 Å². The van der Waals surface area contributed by atoms with E-state index in [-0.39, 0.29) is 6.10 Å². The molecule has 5 nitrogen and oxygen atoms in total. The molecule has 1 fully saturated rings. The van der Waals surface area contributed by atoms with Crippen LogP contribution in [-0.2, 0) is 6.54 Å². The van der Waals surface area contributed by atoms with Crippen LogP contribution in [0, 0.1) is 5.92 Å². The van der Waals surface area contributed by atoms with Crippen molar-refractivity contribution in [1.82, 2.24) is 20.1 Å². The van der Waals surface area contributed by atoms with Gasteiger partial charge in [0.25, 0.3) is 0 Å². The van der Waals surface area contributed by atoms with Gasteiger partial charge in [0.15, 0.2) is 11.0 Å². The number of nitrogens with one attached hydrogen (secondary N) is 1. The first kappa shape index (κ1) is 15.8. The SMILES string of the molecule is CNCc1nnc(SC[C@H](O)C2CC2)n1-c1cccc(Cl)c1. The van der Waals surface area contributed by atoms with Crippen molar-refractivity contribution in [2.24, 2.45) is 5.92 Å². The number of hydrogen-bond donors (Lipinski definition) is 2. The van der Waals surface area contributed by atoms with E-state index in [2.05, 4.69) is 15.5 Å². The lowest BCUT2D eigenvalue weighted by Gasteiger charge is -2.12. The van der Waals surface area contributed by atoms with Crippen molar-refractivity contribution in [3.63, 3.8) is 0 Å². The van der Waals surface area contributed by atoms with Crippen LogP contribution in [0.4, 0.5) is 0 Å². The molecule has 1 aromatic heterocycles. The lowest BCUT2D eigenvalue weighted by atomic mass is 10.3. The molecule has 118 valence electrons. The highest BCUT2D eigenvalue weighted by Crippen LogP contribution is 2.35. The maximum atomic E-state index is 10.1. The number of aliphatic hydroxyl groups is 1. The van der Waals surface area contributed by atoms with E-state index in [1.165, 1.54) is 11.8 Å². The zero-order valence-corrected chi connectivity index (χ0v) is 13.9. The van der Waals surface area contributed by atoms with Crippen LogP contribution in [0.15, 0.2) is 29.4 Å². The van der Waals surface area contributed by atoms with Crippen LogP contribution in [0.1, 0.15) is 18.7 Å². The number of aliphatic hydroxyl groups excluding tert-OH is 1. The summed E-state index contributed by atoms with van der Waals surface area (Å²) in [6.07, 6.45) is 2.00. The minimum atomic E-state index is -0.262. The Kier molecular flexibility index (Phi) is 5.03. The second-order valence-electron chi connectivity index (χ2n) is 5.46. The summed E-state index contributed by atoms with van der Waals surface area (Å²) in [6, 6.07) is 7.63. The quantitative estimate of drug-likeness (QED) is 0.759. The molecule has 1 aliphatic carbocycles. The molecule has 7 heteroatoms. The minimum Gasteiger partial charge on any atom is -0.392 e. The van der Waals surface area contributed by atoms with E-state index >= 15 is 0 Å². The molecule has 0 bridgehead atoms. The van der Waals surface area contributed by atoms with Gasteiger partial charge in [-0.1, -0.05) is 29.4 Å². The third-order valence-electron chi connectivity index (χ3n) is 3.65. The summed E-state index contributed by atoms with van der Waals surface area (Å²) >= 11 is 7.64. The largest absolute Gasteiger partial charge is 0.392 e. The summed E-state index contributed by atoms with van der Waals surface area (Å²) in [6.45, 7) is 0.616. The predicted molar refractivity (Wildman–Crippen MR) is 88.6 cm³/mol. The molecule has 2 aromatic rings. The van der Waals surface area contributed by atoms with Gasteiger partial charge in [-0.2, -0.15) is 0 Å². The van der Waals surface area contributed by atoms with Gasteiger partial charge < -0.3 is 10.4 Å². The highest BCUT2D eigenvalue weighted by Gasteiger charge is 2.30. The third-order valence-corrected chi connectivity index (χ3v) is 4.92. The smallest absolute Gasteiger partial charge is 0.195 e. The van der Waals surface area contributed by atoms with Gasteiger partial charge in [0.05, 0.1) is 18.3 Å². The molecule has 0 amide bonds. The number of rotatable bonds is 7. The monoisotopic (exact) mass is 338 g/mol. The van der Waals surface area contributed by atoms with E-state index in [9.17, 15) is 5.11 Å². The molecular formula is C15H19ClN4OS. The van der Waals surface area contributed by atoms with Gasteiger partial charge in [0, 0.05) is 10.8 Å². The zero-order valence-electron chi connectivity index (χ0n) is 12.4. The Bertz CT molecular complexity index is 644. The zero-order chi connectivity index (χ0) is 15.5. The normalized spacial score (nSPS) is 16.0. The van der Waals surface area contributed by atoms with Crippen molar-refractivity contribution in [3.8, 4) is 5.69 Å². The number of benzene rings is 1. The fourth-order valence-electron chi connectivity index (χ4n) is 2.32. The summed E-state index contributed by atoms with van der Waals surface area (Å²) in [5.74, 6) is 1.93. The number of nitrogens with zero attached hydrogens (tertiary/aromatic N) is 3. The van der Waals surface area contributed by atoms with Gasteiger partial charge in [-0.05, 0) is 44.0 Å². The first-order valence-electron chi connectivity index (χ1n) is 7.34. The number of halogens is 1. The maximum Gasteiger partial charge on any atom is 0.195 e. The van der Waals surface area contributed by atoms with Gasteiger partial charge in [0.1, 0.15) is 0 Å². The summed E-state index contributed by atoms with van der Waals surface area (Å²) < 4.78 is 1.99. The van der Waals surface area contributed by atoms with Gasteiger partial charge in [-0.3, -0.25) is 4.57 Å². The van der Waals surface area contributed by atoms with E-state index < -0.39 is 0 Å². The number of hydrogen-bond acceptors (Lipinski definition) is 5. The van der Waals surface area contributed by atoms with E-state index in [0.717, 1.165) is 29.5 Å². The van der Waals surface area contributed by atoms with Crippen molar-refractivity contribution >= 4 is 23.4 Å². The summed E-state index contributed by atoms with van der Waals surface area (Å²) in [5.41, 5.74) is 0.936. The van der Waals surface area contributed by atoms with Gasteiger partial charge in [0.2, 0.25) is 0 Å². The molecular weight excluding hydrogens is 320 g/mol. The Morgan fingerprint density at radius 1 is 1.45 bits per heavy atom. The van der Waals surface area contributed by atoms with Crippen LogP contribution >= 0.6 is 23.4 Å². The first-order chi connectivity index (χ1) is 10.7. The second kappa shape index (κ2) is 7.00. The Morgan fingerprint density at radius 3 is 2.95 bits per heavy atom. The van der Waals surface area contributed by atoms with Crippen LogP contribution < -0.4 is 5.32 Å². The Balaban J connectivity index is 1.85. The number of thioether (sulfide) groups is 1. The minimum absolute atomic E-state index is 0.262. The number of aromatic nitrogens is 3. The lowest BCUT2D eigenvalue weighted by Crippen LogP contribution is -2.14. The van der Waals surface area contributed by atoms with Gasteiger partial charge in [-0.25, -0.2) is 0 Å². The van der Waals surface area contributed by atoms with Gasteiger partial charge in [-0.15, -0.1) is 10.2 Å².